The number of carbonyl (C=O) groups is 1. The van der Waals surface area contributed by atoms with Crippen molar-refractivity contribution in [2.45, 2.75) is 25.0 Å². The summed E-state index contributed by atoms with van der Waals surface area (Å²) in [7, 11) is 0. The van der Waals surface area contributed by atoms with E-state index >= 15 is 0 Å². The Hall–Kier alpha value is -3.79. The van der Waals surface area contributed by atoms with Crippen LogP contribution in [0.2, 0.25) is 0 Å². The zero-order valence-electron chi connectivity index (χ0n) is 15.6. The molecule has 2 aromatic carbocycles. The van der Waals surface area contributed by atoms with Crippen molar-refractivity contribution in [3.8, 4) is 11.8 Å². The Labute approximate surface area is 168 Å². The van der Waals surface area contributed by atoms with Gasteiger partial charge in [-0.1, -0.05) is 36.4 Å². The maximum Gasteiger partial charge on any atom is 0.272 e. The third-order valence-corrected chi connectivity index (χ3v) is 5.17. The van der Waals surface area contributed by atoms with Gasteiger partial charge >= 0.3 is 0 Å². The van der Waals surface area contributed by atoms with E-state index in [1.54, 1.807) is 0 Å². The minimum Gasteiger partial charge on any atom is -0.487 e. The molecule has 0 radical (unpaired) electrons. The minimum absolute atomic E-state index is 0.209. The second-order valence-corrected chi connectivity index (χ2v) is 7.25. The lowest BCUT2D eigenvalue weighted by atomic mass is 10.0. The standard InChI is InChI=1S/C22H19N5O2/c23-12-16-7-4-8-18(20(16)14-9-10-14)29-13-17-11-19(28)27-22(24-17)25-21(26-27)15-5-2-1-3-6-15/h1-8,11,14,22,24H,9-10,13H2,(H,25,26). The molecule has 2 N–H and O–H groups in total. The highest BCUT2D eigenvalue weighted by atomic mass is 16.5. The highest BCUT2D eigenvalue weighted by Gasteiger charge is 2.35. The van der Waals surface area contributed by atoms with Crippen LogP contribution in [0.15, 0.2) is 65.4 Å². The summed E-state index contributed by atoms with van der Waals surface area (Å²) in [5.74, 6) is 1.54. The van der Waals surface area contributed by atoms with Gasteiger partial charge in [-0.25, -0.2) is 0 Å². The third-order valence-electron chi connectivity index (χ3n) is 5.17. The number of benzene rings is 2. The molecule has 0 saturated heterocycles. The van der Waals surface area contributed by atoms with Crippen molar-refractivity contribution in [1.82, 2.24) is 15.6 Å². The Balaban J connectivity index is 1.29. The predicted molar refractivity (Wildman–Crippen MR) is 107 cm³/mol. The van der Waals surface area contributed by atoms with Gasteiger partial charge in [-0.15, -0.1) is 5.10 Å². The fourth-order valence-corrected chi connectivity index (χ4v) is 3.63. The van der Waals surface area contributed by atoms with Crippen LogP contribution >= 0.6 is 0 Å². The van der Waals surface area contributed by atoms with Crippen LogP contribution in [0.25, 0.3) is 0 Å². The monoisotopic (exact) mass is 385 g/mol. The Morgan fingerprint density at radius 3 is 2.72 bits per heavy atom. The second kappa shape index (κ2) is 6.99. The van der Waals surface area contributed by atoms with Crippen molar-refractivity contribution < 1.29 is 9.53 Å². The summed E-state index contributed by atoms with van der Waals surface area (Å²) in [4.78, 5) is 12.5. The van der Waals surface area contributed by atoms with E-state index < -0.39 is 6.29 Å². The van der Waals surface area contributed by atoms with Crippen LogP contribution in [0, 0.1) is 11.3 Å². The summed E-state index contributed by atoms with van der Waals surface area (Å²) in [6.07, 6.45) is 3.21. The molecule has 1 fully saturated rings. The number of rotatable bonds is 5. The maximum atomic E-state index is 12.5. The smallest absolute Gasteiger partial charge is 0.272 e. The summed E-state index contributed by atoms with van der Waals surface area (Å²) in [5, 5.41) is 21.7. The van der Waals surface area contributed by atoms with Crippen LogP contribution < -0.4 is 15.4 Å². The largest absolute Gasteiger partial charge is 0.487 e. The molecule has 1 saturated carbocycles. The van der Waals surface area contributed by atoms with Crippen molar-refractivity contribution in [1.29, 1.82) is 5.26 Å². The average Bonchev–Trinajstić information content (AvgIpc) is 3.50. The number of nitrogens with one attached hydrogen (secondary N) is 2. The molecule has 2 heterocycles. The van der Waals surface area contributed by atoms with E-state index in [0.717, 1.165) is 24.0 Å². The predicted octanol–water partition coefficient (Wildman–Crippen LogP) is 2.38. The normalized spacial score (nSPS) is 20.0. The lowest BCUT2D eigenvalue weighted by Gasteiger charge is -2.28. The summed E-state index contributed by atoms with van der Waals surface area (Å²) < 4.78 is 6.01. The number of nitriles is 1. The van der Waals surface area contributed by atoms with Gasteiger partial charge in [-0.2, -0.15) is 10.3 Å². The first-order valence-corrected chi connectivity index (χ1v) is 9.59. The van der Waals surface area contributed by atoms with Crippen LogP contribution in [0.3, 0.4) is 0 Å². The molecule has 1 unspecified atom stereocenters. The number of fused-ring (bicyclic) bond motifs is 1. The maximum absolute atomic E-state index is 12.5. The molecule has 3 aliphatic rings. The van der Waals surface area contributed by atoms with E-state index in [4.69, 9.17) is 4.74 Å². The Morgan fingerprint density at radius 1 is 1.14 bits per heavy atom. The van der Waals surface area contributed by atoms with Gasteiger partial charge in [-0.3, -0.25) is 4.79 Å². The lowest BCUT2D eigenvalue weighted by Crippen LogP contribution is -2.54. The molecule has 29 heavy (non-hydrogen) atoms. The zero-order chi connectivity index (χ0) is 19.8. The van der Waals surface area contributed by atoms with Crippen LogP contribution in [0.5, 0.6) is 5.75 Å². The first kappa shape index (κ1) is 17.3. The summed E-state index contributed by atoms with van der Waals surface area (Å²) >= 11 is 0. The molecule has 1 aliphatic carbocycles. The number of hydrogen-bond acceptors (Lipinski definition) is 6. The minimum atomic E-state index is -0.449. The summed E-state index contributed by atoms with van der Waals surface area (Å²) in [6, 6.07) is 17.5. The molecular formula is C22H19N5O2. The first-order valence-electron chi connectivity index (χ1n) is 9.59. The van der Waals surface area contributed by atoms with Gasteiger partial charge in [0.1, 0.15) is 12.4 Å². The fourth-order valence-electron chi connectivity index (χ4n) is 3.63. The van der Waals surface area contributed by atoms with Crippen LogP contribution in [0.1, 0.15) is 35.4 Å². The molecule has 5 rings (SSSR count). The van der Waals surface area contributed by atoms with Crippen LogP contribution in [-0.4, -0.2) is 29.6 Å². The van der Waals surface area contributed by atoms with Gasteiger partial charge in [0.2, 0.25) is 6.29 Å². The van der Waals surface area contributed by atoms with Gasteiger partial charge in [0.25, 0.3) is 5.91 Å². The molecule has 2 aliphatic heterocycles. The van der Waals surface area contributed by atoms with Gasteiger partial charge in [-0.05, 0) is 30.9 Å². The van der Waals surface area contributed by atoms with E-state index in [0.29, 0.717) is 28.8 Å². The number of amidine groups is 1. The molecule has 7 heteroatoms. The number of carbonyl (C=O) groups excluding carboxylic acids is 1. The molecule has 1 atom stereocenters. The zero-order valence-corrected chi connectivity index (χ0v) is 15.6. The molecular weight excluding hydrogens is 366 g/mol. The van der Waals surface area contributed by atoms with Gasteiger partial charge in [0, 0.05) is 17.2 Å². The van der Waals surface area contributed by atoms with Crippen molar-refractivity contribution in [2.24, 2.45) is 5.10 Å². The van der Waals surface area contributed by atoms with Crippen molar-refractivity contribution in [3.63, 3.8) is 0 Å². The second-order valence-electron chi connectivity index (χ2n) is 7.25. The molecule has 0 bridgehead atoms. The summed E-state index contributed by atoms with van der Waals surface area (Å²) in [6.45, 7) is 0.215. The first-order chi connectivity index (χ1) is 14.2. The van der Waals surface area contributed by atoms with E-state index in [1.807, 2.05) is 48.5 Å². The number of nitrogens with zero attached hydrogens (tertiary/aromatic N) is 3. The quantitative estimate of drug-likeness (QED) is 0.825. The third kappa shape index (κ3) is 3.29. The molecule has 2 aromatic rings. The van der Waals surface area contributed by atoms with Gasteiger partial charge < -0.3 is 15.4 Å². The molecule has 1 amide bonds. The SMILES string of the molecule is N#Cc1cccc(OCC2=CC(=O)N3N=C(c4ccccc4)NC3N2)c1C1CC1. The van der Waals surface area contributed by atoms with Crippen molar-refractivity contribution >= 4 is 11.7 Å². The Morgan fingerprint density at radius 2 is 1.97 bits per heavy atom. The topological polar surface area (TPSA) is 89.8 Å². The molecule has 0 spiro atoms. The highest BCUT2D eigenvalue weighted by Crippen LogP contribution is 2.46. The van der Waals surface area contributed by atoms with Crippen LogP contribution in [-0.2, 0) is 4.79 Å². The van der Waals surface area contributed by atoms with E-state index in [1.165, 1.54) is 11.1 Å². The van der Waals surface area contributed by atoms with Gasteiger partial charge in [0.15, 0.2) is 5.84 Å². The van der Waals surface area contributed by atoms with Gasteiger partial charge in [0.05, 0.1) is 17.3 Å². The number of hydrogen-bond donors (Lipinski definition) is 2. The Kier molecular flexibility index (Phi) is 4.17. The summed E-state index contributed by atoms with van der Waals surface area (Å²) in [5.41, 5.74) is 3.22. The van der Waals surface area contributed by atoms with E-state index in [-0.39, 0.29) is 12.5 Å². The lowest BCUT2D eigenvalue weighted by molar-refractivity contribution is -0.129. The highest BCUT2D eigenvalue weighted by molar-refractivity contribution is 6.02. The molecule has 144 valence electrons. The Bertz CT molecular complexity index is 1070. The molecule has 0 aromatic heterocycles. The fraction of sp³-hybridized carbons (Fsp3) is 0.227. The number of hydrazone groups is 1. The van der Waals surface area contributed by atoms with Crippen LogP contribution in [0.4, 0.5) is 0 Å². The number of amides is 1. The van der Waals surface area contributed by atoms with E-state index in [9.17, 15) is 10.1 Å². The average molecular weight is 385 g/mol. The molecule has 7 nitrogen and oxygen atoms in total. The number of ether oxygens (including phenoxy) is 1. The van der Waals surface area contributed by atoms with Crippen molar-refractivity contribution in [2.75, 3.05) is 6.61 Å². The van der Waals surface area contributed by atoms with Crippen molar-refractivity contribution in [3.05, 3.63) is 77.0 Å². The van der Waals surface area contributed by atoms with E-state index in [2.05, 4.69) is 21.8 Å².